The van der Waals surface area contributed by atoms with Crippen molar-refractivity contribution in [1.29, 1.82) is 0 Å². The molecule has 2 heterocycles. The second-order valence-electron chi connectivity index (χ2n) is 7.34. The topological polar surface area (TPSA) is 99.0 Å². The molecule has 8 nitrogen and oxygen atoms in total. The van der Waals surface area contributed by atoms with Crippen LogP contribution < -0.4 is 5.32 Å². The average molecular weight is 472 g/mol. The Morgan fingerprint density at radius 2 is 2.00 bits per heavy atom. The number of aryl methyl sites for hydroxylation is 1. The fourth-order valence-corrected chi connectivity index (χ4v) is 5.80. The van der Waals surface area contributed by atoms with Gasteiger partial charge in [0.15, 0.2) is 0 Å². The van der Waals surface area contributed by atoms with Crippen LogP contribution in [0.5, 0.6) is 0 Å². The molecule has 0 radical (unpaired) electrons. The Morgan fingerprint density at radius 1 is 1.19 bits per heavy atom. The van der Waals surface area contributed by atoms with E-state index in [2.05, 4.69) is 20.8 Å². The van der Waals surface area contributed by atoms with Gasteiger partial charge in [-0.1, -0.05) is 36.4 Å². The minimum Gasteiger partial charge on any atom is -0.462 e. The largest absolute Gasteiger partial charge is 0.462 e. The van der Waals surface area contributed by atoms with E-state index in [1.165, 1.54) is 28.0 Å². The first-order chi connectivity index (χ1) is 15.7. The highest BCUT2D eigenvalue weighted by molar-refractivity contribution is 7.99. The van der Waals surface area contributed by atoms with Gasteiger partial charge >= 0.3 is 5.97 Å². The molecule has 10 heteroatoms. The molecule has 0 saturated heterocycles. The van der Waals surface area contributed by atoms with Crippen molar-refractivity contribution in [2.45, 2.75) is 50.6 Å². The number of anilines is 1. The molecule has 32 heavy (non-hydrogen) atoms. The number of fused-ring (bicyclic) bond motifs is 1. The van der Waals surface area contributed by atoms with E-state index in [0.717, 1.165) is 43.4 Å². The lowest BCUT2D eigenvalue weighted by Crippen LogP contribution is -2.15. The summed E-state index contributed by atoms with van der Waals surface area (Å²) in [5.41, 5.74) is 2.46. The number of hydrogen-bond acceptors (Lipinski definition) is 8. The fourth-order valence-electron chi connectivity index (χ4n) is 3.67. The molecule has 168 valence electrons. The smallest absolute Gasteiger partial charge is 0.341 e. The Morgan fingerprint density at radius 3 is 2.81 bits per heavy atom. The number of carbonyl (C=O) groups is 2. The van der Waals surface area contributed by atoms with Gasteiger partial charge in [0.2, 0.25) is 11.1 Å². The SMILES string of the molecule is CCOC(=O)c1c(NC(=O)CCSc2nnnn2-c2ccccc2)sc2c1CCCCC2. The summed E-state index contributed by atoms with van der Waals surface area (Å²) < 4.78 is 6.94. The third-order valence-electron chi connectivity index (χ3n) is 5.16. The van der Waals surface area contributed by atoms with Crippen LogP contribution in [0.3, 0.4) is 0 Å². The number of amides is 1. The van der Waals surface area contributed by atoms with Crippen molar-refractivity contribution in [2.75, 3.05) is 17.7 Å². The maximum Gasteiger partial charge on any atom is 0.341 e. The van der Waals surface area contributed by atoms with Crippen molar-refractivity contribution in [3.8, 4) is 5.69 Å². The van der Waals surface area contributed by atoms with E-state index in [-0.39, 0.29) is 18.3 Å². The first-order valence-electron chi connectivity index (χ1n) is 10.8. The number of carbonyl (C=O) groups excluding carboxylic acids is 2. The van der Waals surface area contributed by atoms with Gasteiger partial charge in [-0.05, 0) is 60.7 Å². The molecule has 0 saturated carbocycles. The first kappa shape index (κ1) is 22.5. The molecule has 0 atom stereocenters. The third-order valence-corrected chi connectivity index (χ3v) is 7.28. The summed E-state index contributed by atoms with van der Waals surface area (Å²) in [6.45, 7) is 2.10. The average Bonchev–Trinajstić information content (AvgIpc) is 3.32. The zero-order valence-electron chi connectivity index (χ0n) is 17.9. The summed E-state index contributed by atoms with van der Waals surface area (Å²) in [7, 11) is 0. The maximum atomic E-state index is 12.7. The highest BCUT2D eigenvalue weighted by atomic mass is 32.2. The van der Waals surface area contributed by atoms with Gasteiger partial charge < -0.3 is 10.1 Å². The number of thioether (sulfide) groups is 1. The molecule has 0 fully saturated rings. The Bertz CT molecular complexity index is 1080. The predicted octanol–water partition coefficient (Wildman–Crippen LogP) is 4.29. The summed E-state index contributed by atoms with van der Waals surface area (Å²) in [5, 5.41) is 16.0. The van der Waals surface area contributed by atoms with Crippen LogP contribution in [0.4, 0.5) is 5.00 Å². The van der Waals surface area contributed by atoms with Gasteiger partial charge in [0, 0.05) is 17.1 Å². The van der Waals surface area contributed by atoms with E-state index in [9.17, 15) is 9.59 Å². The Balaban J connectivity index is 1.41. The number of hydrogen-bond donors (Lipinski definition) is 1. The van der Waals surface area contributed by atoms with Crippen molar-refractivity contribution in [2.24, 2.45) is 0 Å². The van der Waals surface area contributed by atoms with E-state index in [1.807, 2.05) is 30.3 Å². The van der Waals surface area contributed by atoms with E-state index in [4.69, 9.17) is 4.74 Å². The van der Waals surface area contributed by atoms with Gasteiger partial charge in [-0.25, -0.2) is 4.79 Å². The molecular formula is C22H25N5O3S2. The lowest BCUT2D eigenvalue weighted by atomic mass is 10.1. The minimum atomic E-state index is -0.349. The summed E-state index contributed by atoms with van der Waals surface area (Å²) in [6, 6.07) is 9.61. The van der Waals surface area contributed by atoms with Crippen molar-refractivity contribution in [3.05, 3.63) is 46.3 Å². The minimum absolute atomic E-state index is 0.141. The van der Waals surface area contributed by atoms with E-state index >= 15 is 0 Å². The molecule has 4 rings (SSSR count). The molecular weight excluding hydrogens is 446 g/mol. The van der Waals surface area contributed by atoms with Crippen molar-refractivity contribution in [1.82, 2.24) is 20.2 Å². The highest BCUT2D eigenvalue weighted by Gasteiger charge is 2.26. The summed E-state index contributed by atoms with van der Waals surface area (Å²) in [6.07, 6.45) is 5.39. The normalized spacial score (nSPS) is 13.3. The zero-order valence-corrected chi connectivity index (χ0v) is 19.5. The third kappa shape index (κ3) is 5.18. The van der Waals surface area contributed by atoms with Crippen LogP contribution >= 0.6 is 23.1 Å². The van der Waals surface area contributed by atoms with Crippen molar-refractivity contribution in [3.63, 3.8) is 0 Å². The number of tetrazole rings is 1. The molecule has 0 spiro atoms. The number of benzene rings is 1. The zero-order chi connectivity index (χ0) is 22.3. The standard InChI is InChI=1S/C22H25N5O3S2/c1-2-30-21(29)19-16-11-7-4-8-12-17(16)32-20(19)23-18(28)13-14-31-22-24-25-26-27(22)15-9-5-3-6-10-15/h3,5-6,9-10H,2,4,7-8,11-14H2,1H3,(H,23,28). The summed E-state index contributed by atoms with van der Waals surface area (Å²) in [5.74, 6) is 0.0237. The summed E-state index contributed by atoms with van der Waals surface area (Å²) in [4.78, 5) is 26.5. The van der Waals surface area contributed by atoms with Gasteiger partial charge in [-0.2, -0.15) is 4.68 Å². The Labute approximate surface area is 194 Å². The van der Waals surface area contributed by atoms with Crippen LogP contribution in [0.1, 0.15) is 53.4 Å². The van der Waals surface area contributed by atoms with Crippen LogP contribution in [0.15, 0.2) is 35.5 Å². The maximum absolute atomic E-state index is 12.7. The van der Waals surface area contributed by atoms with Crippen molar-refractivity contribution >= 4 is 40.0 Å². The number of rotatable bonds is 8. The quantitative estimate of drug-likeness (QED) is 0.297. The number of nitrogens with one attached hydrogen (secondary N) is 1. The number of thiophene rings is 1. The van der Waals surface area contributed by atoms with Gasteiger partial charge in [0.05, 0.1) is 17.9 Å². The number of nitrogens with zero attached hydrogens (tertiary/aromatic N) is 4. The molecule has 0 aliphatic heterocycles. The molecule has 3 aromatic rings. The van der Waals surface area contributed by atoms with Gasteiger partial charge in [0.25, 0.3) is 0 Å². The molecule has 1 aliphatic rings. The second kappa shape index (κ2) is 10.7. The van der Waals surface area contributed by atoms with Gasteiger partial charge in [-0.15, -0.1) is 16.4 Å². The van der Waals surface area contributed by atoms with E-state index < -0.39 is 0 Å². The van der Waals surface area contributed by atoms with Gasteiger partial charge in [0.1, 0.15) is 5.00 Å². The number of ether oxygens (including phenoxy) is 1. The van der Waals surface area contributed by atoms with Crippen LogP contribution in [0.25, 0.3) is 5.69 Å². The summed E-state index contributed by atoms with van der Waals surface area (Å²) >= 11 is 2.93. The van der Waals surface area contributed by atoms with Crippen LogP contribution in [0, 0.1) is 0 Å². The Hall–Kier alpha value is -2.72. The number of para-hydroxylation sites is 1. The molecule has 1 amide bonds. The van der Waals surface area contributed by atoms with Crippen LogP contribution in [-0.4, -0.2) is 44.4 Å². The first-order valence-corrected chi connectivity index (χ1v) is 12.6. The highest BCUT2D eigenvalue weighted by Crippen LogP contribution is 2.38. The molecule has 1 N–H and O–H groups in total. The number of aromatic nitrogens is 4. The number of esters is 1. The monoisotopic (exact) mass is 471 g/mol. The molecule has 0 bridgehead atoms. The van der Waals surface area contributed by atoms with Crippen molar-refractivity contribution < 1.29 is 14.3 Å². The van der Waals surface area contributed by atoms with Crippen LogP contribution in [-0.2, 0) is 22.4 Å². The van der Waals surface area contributed by atoms with Gasteiger partial charge in [-0.3, -0.25) is 4.79 Å². The predicted molar refractivity (Wildman–Crippen MR) is 125 cm³/mol. The fraction of sp³-hybridized carbons (Fsp3) is 0.409. The lowest BCUT2D eigenvalue weighted by Gasteiger charge is -2.08. The van der Waals surface area contributed by atoms with Crippen LogP contribution in [0.2, 0.25) is 0 Å². The van der Waals surface area contributed by atoms with E-state index in [1.54, 1.807) is 11.6 Å². The molecule has 1 aliphatic carbocycles. The molecule has 2 aromatic heterocycles. The molecule has 1 aromatic carbocycles. The Kier molecular flexibility index (Phi) is 7.54. The van der Waals surface area contributed by atoms with E-state index in [0.29, 0.717) is 28.1 Å². The lowest BCUT2D eigenvalue weighted by molar-refractivity contribution is -0.115. The molecule has 0 unspecified atom stereocenters. The second-order valence-corrected chi connectivity index (χ2v) is 9.51.